The lowest BCUT2D eigenvalue weighted by Gasteiger charge is -2.31. The summed E-state index contributed by atoms with van der Waals surface area (Å²) >= 11 is 0. The van der Waals surface area contributed by atoms with Crippen LogP contribution in [-0.4, -0.2) is 47.7 Å². The maximum absolute atomic E-state index is 13.5. The highest BCUT2D eigenvalue weighted by Crippen LogP contribution is 2.14. The zero-order valence-corrected chi connectivity index (χ0v) is 10.5. The summed E-state index contributed by atoms with van der Waals surface area (Å²) in [6, 6.07) is 3.62. The lowest BCUT2D eigenvalue weighted by Crippen LogP contribution is -2.49. The van der Waals surface area contributed by atoms with Crippen LogP contribution in [0, 0.1) is 11.6 Å². The fourth-order valence-electron chi connectivity index (χ4n) is 1.98. The first-order chi connectivity index (χ1) is 9.49. The van der Waals surface area contributed by atoms with Crippen LogP contribution in [0.3, 0.4) is 0 Å². The second-order valence-electron chi connectivity index (χ2n) is 4.43. The SMILES string of the molecule is O=C(O)C1CN(C(=O)Cc2cccc(F)c2F)CCO1. The van der Waals surface area contributed by atoms with Gasteiger partial charge in [-0.1, -0.05) is 12.1 Å². The summed E-state index contributed by atoms with van der Waals surface area (Å²) in [5, 5.41) is 8.84. The number of amides is 1. The fourth-order valence-corrected chi connectivity index (χ4v) is 1.98. The van der Waals surface area contributed by atoms with Crippen molar-refractivity contribution in [2.45, 2.75) is 12.5 Å². The molecular weight excluding hydrogens is 272 g/mol. The Kier molecular flexibility index (Phi) is 4.29. The molecule has 0 bridgehead atoms. The Morgan fingerprint density at radius 1 is 1.40 bits per heavy atom. The summed E-state index contributed by atoms with van der Waals surface area (Å²) in [7, 11) is 0. The summed E-state index contributed by atoms with van der Waals surface area (Å²) in [6.07, 6.45) is -1.39. The van der Waals surface area contributed by atoms with E-state index < -0.39 is 29.6 Å². The van der Waals surface area contributed by atoms with Crippen molar-refractivity contribution in [3.8, 4) is 0 Å². The largest absolute Gasteiger partial charge is 0.479 e. The predicted molar refractivity (Wildman–Crippen MR) is 64.0 cm³/mol. The molecule has 0 aromatic heterocycles. The Morgan fingerprint density at radius 2 is 2.15 bits per heavy atom. The molecule has 1 unspecified atom stereocenters. The summed E-state index contributed by atoms with van der Waals surface area (Å²) in [5.41, 5.74) is -0.0478. The molecule has 1 fully saturated rings. The van der Waals surface area contributed by atoms with E-state index in [0.29, 0.717) is 0 Å². The van der Waals surface area contributed by atoms with Crippen LogP contribution in [0.1, 0.15) is 5.56 Å². The zero-order valence-electron chi connectivity index (χ0n) is 10.5. The van der Waals surface area contributed by atoms with Crippen LogP contribution < -0.4 is 0 Å². The van der Waals surface area contributed by atoms with Crippen molar-refractivity contribution in [1.82, 2.24) is 4.90 Å². The van der Waals surface area contributed by atoms with Crippen LogP contribution in [0.25, 0.3) is 0 Å². The van der Waals surface area contributed by atoms with E-state index in [1.807, 2.05) is 0 Å². The van der Waals surface area contributed by atoms with Gasteiger partial charge in [-0.25, -0.2) is 13.6 Å². The molecule has 0 radical (unpaired) electrons. The van der Waals surface area contributed by atoms with Gasteiger partial charge in [-0.05, 0) is 6.07 Å². The first kappa shape index (κ1) is 14.4. The lowest BCUT2D eigenvalue weighted by molar-refractivity contribution is -0.159. The monoisotopic (exact) mass is 285 g/mol. The van der Waals surface area contributed by atoms with E-state index in [0.717, 1.165) is 6.07 Å². The molecule has 1 N–H and O–H groups in total. The van der Waals surface area contributed by atoms with E-state index in [-0.39, 0.29) is 31.7 Å². The van der Waals surface area contributed by atoms with Crippen LogP contribution in [0.15, 0.2) is 18.2 Å². The highest BCUT2D eigenvalue weighted by molar-refractivity contribution is 5.80. The molecule has 20 heavy (non-hydrogen) atoms. The van der Waals surface area contributed by atoms with Crippen LogP contribution in [0.5, 0.6) is 0 Å². The van der Waals surface area contributed by atoms with Crippen LogP contribution >= 0.6 is 0 Å². The Hall–Kier alpha value is -2.02. The van der Waals surface area contributed by atoms with Crippen LogP contribution in [0.2, 0.25) is 0 Å². The maximum atomic E-state index is 13.5. The van der Waals surface area contributed by atoms with E-state index in [1.54, 1.807) is 0 Å². The van der Waals surface area contributed by atoms with Gasteiger partial charge in [-0.2, -0.15) is 0 Å². The van der Waals surface area contributed by atoms with Crippen molar-refractivity contribution < 1.29 is 28.2 Å². The Balaban J connectivity index is 2.04. The van der Waals surface area contributed by atoms with Gasteiger partial charge in [0.05, 0.1) is 19.6 Å². The molecular formula is C13H13F2NO4. The van der Waals surface area contributed by atoms with E-state index in [2.05, 4.69) is 0 Å². The van der Waals surface area contributed by atoms with Crippen LogP contribution in [-0.2, 0) is 20.7 Å². The van der Waals surface area contributed by atoms with Gasteiger partial charge in [0.2, 0.25) is 5.91 Å². The second kappa shape index (κ2) is 5.96. The first-order valence-corrected chi connectivity index (χ1v) is 6.04. The number of carbonyl (C=O) groups is 2. The molecule has 1 saturated heterocycles. The number of carboxylic acid groups (broad SMARTS) is 1. The second-order valence-corrected chi connectivity index (χ2v) is 4.43. The van der Waals surface area contributed by atoms with Crippen molar-refractivity contribution in [3.63, 3.8) is 0 Å². The minimum atomic E-state index is -1.15. The van der Waals surface area contributed by atoms with Crippen LogP contribution in [0.4, 0.5) is 8.78 Å². The quantitative estimate of drug-likeness (QED) is 0.893. The normalized spacial score (nSPS) is 18.9. The number of carboxylic acids is 1. The first-order valence-electron chi connectivity index (χ1n) is 6.04. The van der Waals surface area contributed by atoms with Crippen molar-refractivity contribution in [1.29, 1.82) is 0 Å². The molecule has 0 saturated carbocycles. The van der Waals surface area contributed by atoms with Crippen molar-refractivity contribution in [2.75, 3.05) is 19.7 Å². The average Bonchev–Trinajstić information content (AvgIpc) is 2.44. The molecule has 1 aliphatic heterocycles. The smallest absolute Gasteiger partial charge is 0.334 e. The number of carbonyl (C=O) groups excluding carboxylic acids is 1. The molecule has 108 valence electrons. The Labute approximate surface area is 113 Å². The van der Waals surface area contributed by atoms with Crippen molar-refractivity contribution in [2.24, 2.45) is 0 Å². The third-order valence-electron chi connectivity index (χ3n) is 3.07. The molecule has 1 aliphatic rings. The van der Waals surface area contributed by atoms with E-state index in [9.17, 15) is 18.4 Å². The lowest BCUT2D eigenvalue weighted by atomic mass is 10.1. The molecule has 1 heterocycles. The number of hydrogen-bond acceptors (Lipinski definition) is 3. The van der Waals surface area contributed by atoms with Gasteiger partial charge in [0.15, 0.2) is 17.7 Å². The van der Waals surface area contributed by atoms with E-state index >= 15 is 0 Å². The maximum Gasteiger partial charge on any atom is 0.334 e. The highest BCUT2D eigenvalue weighted by Gasteiger charge is 2.29. The van der Waals surface area contributed by atoms with Gasteiger partial charge in [0, 0.05) is 12.1 Å². The number of benzene rings is 1. The van der Waals surface area contributed by atoms with Gasteiger partial charge in [0.25, 0.3) is 0 Å². The minimum Gasteiger partial charge on any atom is -0.479 e. The number of ether oxygens (including phenoxy) is 1. The fraction of sp³-hybridized carbons (Fsp3) is 0.385. The third-order valence-corrected chi connectivity index (χ3v) is 3.07. The van der Waals surface area contributed by atoms with Gasteiger partial charge in [0.1, 0.15) is 0 Å². The number of aliphatic carboxylic acids is 1. The minimum absolute atomic E-state index is 0.0478. The standard InChI is InChI=1S/C13H13F2NO4/c14-9-3-1-2-8(12(9)15)6-11(17)16-4-5-20-10(7-16)13(18)19/h1-3,10H,4-7H2,(H,18,19). The molecule has 1 aromatic carbocycles. The van der Waals surface area contributed by atoms with Gasteiger partial charge < -0.3 is 14.7 Å². The number of halogens is 2. The molecule has 2 rings (SSSR count). The summed E-state index contributed by atoms with van der Waals surface area (Å²) in [6.45, 7) is 0.249. The van der Waals surface area contributed by atoms with Gasteiger partial charge >= 0.3 is 5.97 Å². The number of hydrogen-bond donors (Lipinski definition) is 1. The molecule has 0 aliphatic carbocycles. The molecule has 5 nitrogen and oxygen atoms in total. The zero-order chi connectivity index (χ0) is 14.7. The summed E-state index contributed by atoms with van der Waals surface area (Å²) in [4.78, 5) is 24.1. The number of morpholine rings is 1. The van der Waals surface area contributed by atoms with E-state index in [4.69, 9.17) is 9.84 Å². The average molecular weight is 285 g/mol. The predicted octanol–water partition coefficient (Wildman–Crippen LogP) is 0.819. The van der Waals surface area contributed by atoms with E-state index in [1.165, 1.54) is 17.0 Å². The number of rotatable bonds is 3. The summed E-state index contributed by atoms with van der Waals surface area (Å²) < 4.78 is 31.5. The molecule has 1 aromatic rings. The summed E-state index contributed by atoms with van der Waals surface area (Å²) in [5.74, 6) is -3.67. The number of nitrogens with zero attached hydrogens (tertiary/aromatic N) is 1. The van der Waals surface area contributed by atoms with Gasteiger partial charge in [-0.15, -0.1) is 0 Å². The molecule has 1 amide bonds. The van der Waals surface area contributed by atoms with Gasteiger partial charge in [-0.3, -0.25) is 4.79 Å². The Morgan fingerprint density at radius 3 is 2.85 bits per heavy atom. The molecule has 7 heteroatoms. The molecule has 0 spiro atoms. The van der Waals surface area contributed by atoms with Crippen molar-refractivity contribution in [3.05, 3.63) is 35.4 Å². The topological polar surface area (TPSA) is 66.8 Å². The highest BCUT2D eigenvalue weighted by atomic mass is 19.2. The molecule has 1 atom stereocenters. The van der Waals surface area contributed by atoms with Crippen molar-refractivity contribution >= 4 is 11.9 Å². The Bertz CT molecular complexity index is 535. The third kappa shape index (κ3) is 3.11.